The number of likely N-dealkylation sites (N-methyl/N-ethyl adjacent to an activating group) is 1. The van der Waals surface area contributed by atoms with Crippen LogP contribution < -0.4 is 5.32 Å². The molecule has 6 heteroatoms. The van der Waals surface area contributed by atoms with Crippen molar-refractivity contribution < 1.29 is 9.59 Å². The highest BCUT2D eigenvalue weighted by Gasteiger charge is 2.28. The van der Waals surface area contributed by atoms with E-state index in [1.165, 1.54) is 0 Å². The van der Waals surface area contributed by atoms with Crippen LogP contribution in [0.25, 0.3) is 0 Å². The molecule has 21 heavy (non-hydrogen) atoms. The Morgan fingerprint density at radius 1 is 1.48 bits per heavy atom. The third-order valence-corrected chi connectivity index (χ3v) is 3.80. The molecule has 2 heterocycles. The number of aromatic nitrogens is 1. The normalized spacial score (nSPS) is 18.0. The highest BCUT2D eigenvalue weighted by Crippen LogP contribution is 2.17. The number of hydrogen-bond donors (Lipinski definition) is 1. The van der Waals surface area contributed by atoms with Crippen molar-refractivity contribution in [2.75, 3.05) is 32.0 Å². The molecule has 0 spiro atoms. The lowest BCUT2D eigenvalue weighted by molar-refractivity contribution is -0.127. The van der Waals surface area contributed by atoms with Gasteiger partial charge in [-0.15, -0.1) is 0 Å². The molecule has 0 saturated carbocycles. The van der Waals surface area contributed by atoms with Gasteiger partial charge < -0.3 is 15.1 Å². The van der Waals surface area contributed by atoms with E-state index in [4.69, 9.17) is 0 Å². The fourth-order valence-corrected chi connectivity index (χ4v) is 2.47. The van der Waals surface area contributed by atoms with E-state index in [-0.39, 0.29) is 17.9 Å². The monoisotopic (exact) mass is 290 g/mol. The molecule has 114 valence electrons. The van der Waals surface area contributed by atoms with Crippen LogP contribution in [0.5, 0.6) is 0 Å². The van der Waals surface area contributed by atoms with Gasteiger partial charge in [0.05, 0.1) is 0 Å². The van der Waals surface area contributed by atoms with Gasteiger partial charge in [-0.25, -0.2) is 0 Å². The largest absolute Gasteiger partial charge is 0.374 e. The van der Waals surface area contributed by atoms with E-state index in [0.717, 1.165) is 18.7 Å². The minimum atomic E-state index is -0.214. The van der Waals surface area contributed by atoms with Gasteiger partial charge >= 0.3 is 0 Å². The zero-order chi connectivity index (χ0) is 15.4. The Hall–Kier alpha value is -2.11. The van der Waals surface area contributed by atoms with E-state index in [2.05, 4.69) is 10.3 Å². The van der Waals surface area contributed by atoms with Gasteiger partial charge in [0.15, 0.2) is 0 Å². The lowest BCUT2D eigenvalue weighted by Crippen LogP contribution is -2.32. The maximum atomic E-state index is 12.3. The minimum absolute atomic E-state index is 0.0847. The summed E-state index contributed by atoms with van der Waals surface area (Å²) in [5.41, 5.74) is 1.16. The summed E-state index contributed by atoms with van der Waals surface area (Å²) in [7, 11) is 1.80. The topological polar surface area (TPSA) is 65.5 Å². The average Bonchev–Trinajstić information content (AvgIpc) is 2.81. The lowest BCUT2D eigenvalue weighted by atomic mass is 10.2. The Labute approximate surface area is 125 Å². The van der Waals surface area contributed by atoms with Crippen molar-refractivity contribution in [2.24, 2.45) is 0 Å². The van der Waals surface area contributed by atoms with Crippen LogP contribution in [0.1, 0.15) is 30.8 Å². The summed E-state index contributed by atoms with van der Waals surface area (Å²) in [4.78, 5) is 31.7. The van der Waals surface area contributed by atoms with E-state index in [0.29, 0.717) is 18.8 Å². The highest BCUT2D eigenvalue weighted by molar-refractivity contribution is 5.93. The summed E-state index contributed by atoms with van der Waals surface area (Å²) in [6.45, 7) is 5.95. The van der Waals surface area contributed by atoms with Crippen LogP contribution in [-0.2, 0) is 4.79 Å². The molecule has 0 aliphatic carbocycles. The van der Waals surface area contributed by atoms with Gasteiger partial charge in [0, 0.05) is 38.6 Å². The zero-order valence-electron chi connectivity index (χ0n) is 12.8. The third-order valence-electron chi connectivity index (χ3n) is 3.80. The van der Waals surface area contributed by atoms with Crippen LogP contribution >= 0.6 is 0 Å². The van der Waals surface area contributed by atoms with Crippen molar-refractivity contribution in [2.45, 2.75) is 26.3 Å². The van der Waals surface area contributed by atoms with Crippen molar-refractivity contribution >= 4 is 17.5 Å². The molecule has 2 amide bonds. The molecule has 1 fully saturated rings. The number of carbonyl (C=O) groups is 2. The summed E-state index contributed by atoms with van der Waals surface area (Å²) in [5.74, 6) is 0.00180. The molecule has 0 aromatic carbocycles. The first-order chi connectivity index (χ1) is 10.1. The second-order valence-corrected chi connectivity index (χ2v) is 5.15. The van der Waals surface area contributed by atoms with Crippen molar-refractivity contribution in [3.05, 3.63) is 24.0 Å². The molecule has 0 bridgehead atoms. The van der Waals surface area contributed by atoms with Crippen LogP contribution in [0.3, 0.4) is 0 Å². The molecule has 1 unspecified atom stereocenters. The summed E-state index contributed by atoms with van der Waals surface area (Å²) < 4.78 is 0. The number of rotatable bonds is 5. The molecular weight excluding hydrogens is 268 g/mol. The number of amides is 2. The minimum Gasteiger partial charge on any atom is -0.374 e. The first kappa shape index (κ1) is 15.3. The average molecular weight is 290 g/mol. The van der Waals surface area contributed by atoms with Gasteiger partial charge in [-0.2, -0.15) is 0 Å². The summed E-state index contributed by atoms with van der Waals surface area (Å²) >= 11 is 0. The number of pyridine rings is 1. The molecule has 0 radical (unpaired) electrons. The van der Waals surface area contributed by atoms with E-state index >= 15 is 0 Å². The van der Waals surface area contributed by atoms with Crippen molar-refractivity contribution in [3.63, 3.8) is 0 Å². The van der Waals surface area contributed by atoms with E-state index in [9.17, 15) is 9.59 Å². The molecule has 1 saturated heterocycles. The molecule has 1 N–H and O–H groups in total. The van der Waals surface area contributed by atoms with E-state index < -0.39 is 0 Å². The highest BCUT2D eigenvalue weighted by atomic mass is 16.2. The second-order valence-electron chi connectivity index (χ2n) is 5.15. The van der Waals surface area contributed by atoms with E-state index in [1.54, 1.807) is 35.2 Å². The van der Waals surface area contributed by atoms with Gasteiger partial charge in [-0.05, 0) is 32.4 Å². The van der Waals surface area contributed by atoms with E-state index in [1.807, 2.05) is 13.8 Å². The Bertz CT molecular complexity index is 528. The van der Waals surface area contributed by atoms with Crippen LogP contribution in [0, 0.1) is 0 Å². The smallest absolute Gasteiger partial charge is 0.272 e. The van der Waals surface area contributed by atoms with Gasteiger partial charge in [0.1, 0.15) is 11.7 Å². The van der Waals surface area contributed by atoms with Crippen LogP contribution in [0.15, 0.2) is 18.3 Å². The maximum Gasteiger partial charge on any atom is 0.272 e. The molecule has 6 nitrogen and oxygen atoms in total. The van der Waals surface area contributed by atoms with Crippen LogP contribution in [0.4, 0.5) is 5.69 Å². The molecule has 1 aromatic rings. The van der Waals surface area contributed by atoms with Crippen molar-refractivity contribution in [1.29, 1.82) is 0 Å². The molecule has 1 atom stereocenters. The first-order valence-corrected chi connectivity index (χ1v) is 7.33. The molecule has 1 aliphatic rings. The predicted octanol–water partition coefficient (Wildman–Crippen LogP) is 1.21. The standard InChI is InChI=1S/C15H22N4O2/c1-4-19(5-2)15(21)13-10-11(6-8-16-13)17-12-7-9-18(3)14(12)20/h6,8,10,12H,4-5,7,9H2,1-3H3,(H,16,17). The predicted molar refractivity (Wildman–Crippen MR) is 81.2 cm³/mol. The summed E-state index contributed by atoms with van der Waals surface area (Å²) in [6, 6.07) is 3.28. The maximum absolute atomic E-state index is 12.3. The number of carbonyl (C=O) groups excluding carboxylic acids is 2. The number of nitrogens with one attached hydrogen (secondary N) is 1. The Morgan fingerprint density at radius 2 is 2.19 bits per heavy atom. The quantitative estimate of drug-likeness (QED) is 0.885. The number of likely N-dealkylation sites (tertiary alicyclic amines) is 1. The summed E-state index contributed by atoms with van der Waals surface area (Å²) in [5, 5.41) is 3.19. The zero-order valence-corrected chi connectivity index (χ0v) is 12.8. The fourth-order valence-electron chi connectivity index (χ4n) is 2.47. The SMILES string of the molecule is CCN(CC)C(=O)c1cc(NC2CCN(C)C2=O)ccn1. The van der Waals surface area contributed by atoms with Crippen LogP contribution in [-0.4, -0.2) is 59.3 Å². The van der Waals surface area contributed by atoms with Gasteiger partial charge in [0.2, 0.25) is 5.91 Å². The lowest BCUT2D eigenvalue weighted by Gasteiger charge is -2.19. The molecule has 1 aliphatic heterocycles. The van der Waals surface area contributed by atoms with Gasteiger partial charge in [-0.1, -0.05) is 0 Å². The van der Waals surface area contributed by atoms with Crippen molar-refractivity contribution in [3.8, 4) is 0 Å². The van der Waals surface area contributed by atoms with Gasteiger partial charge in [-0.3, -0.25) is 14.6 Å². The Morgan fingerprint density at radius 3 is 2.76 bits per heavy atom. The molecular formula is C15H22N4O2. The Balaban J connectivity index is 2.11. The third kappa shape index (κ3) is 3.32. The van der Waals surface area contributed by atoms with Crippen LogP contribution in [0.2, 0.25) is 0 Å². The van der Waals surface area contributed by atoms with Crippen molar-refractivity contribution in [1.82, 2.24) is 14.8 Å². The fraction of sp³-hybridized carbons (Fsp3) is 0.533. The molecule has 2 rings (SSSR count). The first-order valence-electron chi connectivity index (χ1n) is 7.33. The molecule has 1 aromatic heterocycles. The number of anilines is 1. The number of hydrogen-bond acceptors (Lipinski definition) is 4. The second kappa shape index (κ2) is 6.56. The van der Waals surface area contributed by atoms with Gasteiger partial charge in [0.25, 0.3) is 5.91 Å². The summed E-state index contributed by atoms with van der Waals surface area (Å²) in [6.07, 6.45) is 2.37. The Kier molecular flexibility index (Phi) is 4.77. The number of nitrogens with zero attached hydrogens (tertiary/aromatic N) is 3.